The predicted octanol–water partition coefficient (Wildman–Crippen LogP) is 6.58. The van der Waals surface area contributed by atoms with E-state index in [0.29, 0.717) is 12.6 Å². The molecule has 35 heavy (non-hydrogen) atoms. The zero-order chi connectivity index (χ0) is 24.3. The number of piperidine rings is 1. The fourth-order valence-corrected chi connectivity index (χ4v) is 6.65. The first-order valence-corrected chi connectivity index (χ1v) is 17.7. The van der Waals surface area contributed by atoms with E-state index in [0.717, 1.165) is 52.7 Å². The molecule has 0 aromatic carbocycles. The Morgan fingerprint density at radius 2 is 1.83 bits per heavy atom. The quantitative estimate of drug-likeness (QED) is 0.183. The van der Waals surface area contributed by atoms with Gasteiger partial charge in [-0.25, -0.2) is 4.98 Å². The molecule has 2 aliphatic rings. The molecule has 4 heterocycles. The first-order chi connectivity index (χ1) is 17.0. The van der Waals surface area contributed by atoms with Gasteiger partial charge >= 0.3 is 0 Å². The average Bonchev–Trinajstić information content (AvgIpc) is 3.56. The second-order valence-corrected chi connectivity index (χ2v) is 17.7. The minimum atomic E-state index is -1.16. The van der Waals surface area contributed by atoms with Gasteiger partial charge in [0.15, 0.2) is 0 Å². The third kappa shape index (κ3) is 6.18. The third-order valence-electron chi connectivity index (χ3n) is 7.09. The number of hydrogen-bond donors (Lipinski definition) is 0. The van der Waals surface area contributed by atoms with Gasteiger partial charge in [0.05, 0.1) is 22.9 Å². The van der Waals surface area contributed by atoms with Crippen LogP contribution >= 0.6 is 11.3 Å². The van der Waals surface area contributed by atoms with Gasteiger partial charge in [0.1, 0.15) is 17.6 Å². The number of hydrogen-bond acceptors (Lipinski definition) is 8. The van der Waals surface area contributed by atoms with Crippen LogP contribution in [0.3, 0.4) is 0 Å². The lowest BCUT2D eigenvalue weighted by Crippen LogP contribution is -2.29. The van der Waals surface area contributed by atoms with Crippen molar-refractivity contribution < 1.29 is 4.74 Å². The summed E-state index contributed by atoms with van der Waals surface area (Å²) in [6, 6.07) is 7.42. The molecule has 7 nitrogen and oxygen atoms in total. The maximum absolute atomic E-state index is 6.18. The van der Waals surface area contributed by atoms with Crippen molar-refractivity contribution in [2.24, 2.45) is 0 Å². The topological polar surface area (TPSA) is 67.3 Å². The van der Waals surface area contributed by atoms with Gasteiger partial charge in [-0.3, -0.25) is 9.88 Å². The molecule has 0 spiro atoms. The molecule has 1 aliphatic heterocycles. The molecule has 0 atom stereocenters. The Morgan fingerprint density at radius 1 is 1.03 bits per heavy atom. The second-order valence-electron chi connectivity index (χ2n) is 11.1. The molecule has 3 aromatic rings. The van der Waals surface area contributed by atoms with E-state index in [1.807, 2.05) is 12.3 Å². The number of aromatic nitrogens is 4. The number of anilines is 3. The summed E-state index contributed by atoms with van der Waals surface area (Å²) >= 11 is 1.70. The van der Waals surface area contributed by atoms with Gasteiger partial charge in [0.25, 0.3) is 0 Å². The summed E-state index contributed by atoms with van der Waals surface area (Å²) < 4.78 is 6.18. The molecule has 9 heteroatoms. The predicted molar refractivity (Wildman–Crippen MR) is 148 cm³/mol. The standard InChI is InChI=1S/C26H38N6OSSi/c1-35(2,3)16-15-33-19-32(26-30-29-25(34-26)20-9-5-6-10-20)24-12-11-22-23(28-24)17-21(18-27-22)31-13-7-4-8-14-31/h11-12,17-18,20H,4-10,13-16,19H2,1-3H3. The molecule has 188 valence electrons. The molecule has 0 bridgehead atoms. The molecule has 1 saturated carbocycles. The van der Waals surface area contributed by atoms with Gasteiger partial charge in [-0.2, -0.15) is 0 Å². The highest BCUT2D eigenvalue weighted by Crippen LogP contribution is 2.38. The summed E-state index contributed by atoms with van der Waals surface area (Å²) in [6.45, 7) is 10.5. The summed E-state index contributed by atoms with van der Waals surface area (Å²) in [5.74, 6) is 1.40. The van der Waals surface area contributed by atoms with Crippen LogP contribution in [0, 0.1) is 0 Å². The van der Waals surface area contributed by atoms with E-state index >= 15 is 0 Å². The molecule has 3 aromatic heterocycles. The molecule has 5 rings (SSSR count). The Labute approximate surface area is 213 Å². The van der Waals surface area contributed by atoms with Crippen LogP contribution in [0.2, 0.25) is 25.7 Å². The molecule has 0 radical (unpaired) electrons. The monoisotopic (exact) mass is 510 g/mol. The van der Waals surface area contributed by atoms with Gasteiger partial charge in [-0.1, -0.05) is 43.8 Å². The Morgan fingerprint density at radius 3 is 2.60 bits per heavy atom. The van der Waals surface area contributed by atoms with E-state index in [1.165, 1.54) is 50.6 Å². The number of nitrogens with zero attached hydrogens (tertiary/aromatic N) is 6. The van der Waals surface area contributed by atoms with Crippen LogP contribution in [0.4, 0.5) is 16.6 Å². The molecule has 1 aliphatic carbocycles. The van der Waals surface area contributed by atoms with Crippen LogP contribution in [0.5, 0.6) is 0 Å². The zero-order valence-electron chi connectivity index (χ0n) is 21.4. The summed E-state index contributed by atoms with van der Waals surface area (Å²) in [5.41, 5.74) is 3.00. The zero-order valence-corrected chi connectivity index (χ0v) is 23.2. The molecular formula is C26H38N6OSSi. The summed E-state index contributed by atoms with van der Waals surface area (Å²) in [5, 5.41) is 11.2. The Kier molecular flexibility index (Phi) is 7.64. The van der Waals surface area contributed by atoms with Crippen molar-refractivity contribution in [3.63, 3.8) is 0 Å². The van der Waals surface area contributed by atoms with E-state index in [1.54, 1.807) is 11.3 Å². The largest absolute Gasteiger partial charge is 0.370 e. The number of rotatable bonds is 9. The van der Waals surface area contributed by atoms with E-state index in [9.17, 15) is 0 Å². The van der Waals surface area contributed by atoms with Crippen molar-refractivity contribution in [2.75, 3.05) is 36.2 Å². The number of ether oxygens (including phenoxy) is 1. The highest BCUT2D eigenvalue weighted by Gasteiger charge is 2.24. The van der Waals surface area contributed by atoms with Crippen LogP contribution in [-0.4, -0.2) is 54.7 Å². The Bertz CT molecular complexity index is 1120. The van der Waals surface area contributed by atoms with Gasteiger partial charge in [0.2, 0.25) is 5.13 Å². The molecular weight excluding hydrogens is 472 g/mol. The van der Waals surface area contributed by atoms with Gasteiger partial charge in [0, 0.05) is 33.7 Å². The lowest BCUT2D eigenvalue weighted by Gasteiger charge is -2.28. The summed E-state index contributed by atoms with van der Waals surface area (Å²) in [4.78, 5) is 14.3. The van der Waals surface area contributed by atoms with Crippen molar-refractivity contribution in [3.8, 4) is 0 Å². The minimum absolute atomic E-state index is 0.432. The van der Waals surface area contributed by atoms with Crippen LogP contribution < -0.4 is 9.80 Å². The summed E-state index contributed by atoms with van der Waals surface area (Å²) in [7, 11) is -1.16. The fraction of sp³-hybridized carbons (Fsp3) is 0.615. The second kappa shape index (κ2) is 10.9. The smallest absolute Gasteiger partial charge is 0.215 e. The van der Waals surface area contributed by atoms with Crippen molar-refractivity contribution in [3.05, 3.63) is 29.4 Å². The van der Waals surface area contributed by atoms with Gasteiger partial charge in [-0.15, -0.1) is 10.2 Å². The van der Waals surface area contributed by atoms with Crippen molar-refractivity contribution in [2.45, 2.75) is 76.5 Å². The van der Waals surface area contributed by atoms with E-state index in [-0.39, 0.29) is 0 Å². The van der Waals surface area contributed by atoms with Crippen molar-refractivity contribution >= 4 is 47.1 Å². The first-order valence-electron chi connectivity index (χ1n) is 13.2. The van der Waals surface area contributed by atoms with E-state index in [2.05, 4.69) is 51.8 Å². The maximum Gasteiger partial charge on any atom is 0.215 e. The maximum atomic E-state index is 6.18. The molecule has 1 saturated heterocycles. The van der Waals surface area contributed by atoms with Crippen LogP contribution in [0.25, 0.3) is 11.0 Å². The molecule has 0 unspecified atom stereocenters. The van der Waals surface area contributed by atoms with Crippen LogP contribution in [0.1, 0.15) is 55.9 Å². The lowest BCUT2D eigenvalue weighted by atomic mass is 10.1. The van der Waals surface area contributed by atoms with Crippen molar-refractivity contribution in [1.29, 1.82) is 0 Å². The van der Waals surface area contributed by atoms with Crippen LogP contribution in [0.15, 0.2) is 24.4 Å². The highest BCUT2D eigenvalue weighted by molar-refractivity contribution is 7.15. The fourth-order valence-electron chi connectivity index (χ4n) is 4.89. The van der Waals surface area contributed by atoms with E-state index < -0.39 is 8.07 Å². The first kappa shape index (κ1) is 24.6. The molecule has 0 N–H and O–H groups in total. The Hall–Kier alpha value is -2.10. The number of fused-ring (bicyclic) bond motifs is 1. The summed E-state index contributed by atoms with van der Waals surface area (Å²) in [6.07, 6.45) is 10.8. The average molecular weight is 511 g/mol. The minimum Gasteiger partial charge on any atom is -0.370 e. The van der Waals surface area contributed by atoms with Crippen molar-refractivity contribution in [1.82, 2.24) is 20.2 Å². The SMILES string of the molecule is C[Si](C)(C)CCOCN(c1ccc2ncc(N3CCCCC3)cc2n1)c1nnc(C2CCCC2)s1. The molecule has 0 amide bonds. The normalized spacial score (nSPS) is 17.4. The van der Waals surface area contributed by atoms with Gasteiger partial charge < -0.3 is 9.64 Å². The van der Waals surface area contributed by atoms with Gasteiger partial charge in [-0.05, 0) is 56.3 Å². The lowest BCUT2D eigenvalue weighted by molar-refractivity contribution is 0.153. The van der Waals surface area contributed by atoms with E-state index in [4.69, 9.17) is 14.7 Å². The highest BCUT2D eigenvalue weighted by atomic mass is 32.1. The van der Waals surface area contributed by atoms with Crippen LogP contribution in [-0.2, 0) is 4.74 Å². The number of pyridine rings is 2. The third-order valence-corrected chi connectivity index (χ3v) is 9.90. The Balaban J connectivity index is 1.41. The molecule has 2 fully saturated rings.